The first-order chi connectivity index (χ1) is 13.4. The Kier molecular flexibility index (Phi) is 6.13. The van der Waals surface area contributed by atoms with Crippen molar-refractivity contribution < 1.29 is 13.7 Å². The van der Waals surface area contributed by atoms with Crippen LogP contribution >= 0.6 is 0 Å². The van der Waals surface area contributed by atoms with Crippen molar-refractivity contribution in [2.75, 3.05) is 25.5 Å². The van der Waals surface area contributed by atoms with Gasteiger partial charge in [0.1, 0.15) is 5.76 Å². The molecule has 0 N–H and O–H groups in total. The maximum Gasteiger partial charge on any atom is 0.228 e. The van der Waals surface area contributed by atoms with Crippen LogP contribution < -0.4 is 4.90 Å². The third kappa shape index (κ3) is 4.79. The van der Waals surface area contributed by atoms with E-state index in [0.29, 0.717) is 31.2 Å². The third-order valence-corrected chi connectivity index (χ3v) is 4.44. The minimum atomic E-state index is -0.0941. The number of anilines is 1. The second kappa shape index (κ2) is 8.73. The molecule has 3 rings (SSSR count). The number of benzene rings is 1. The first-order valence-corrected chi connectivity index (χ1v) is 9.35. The number of carbonyl (C=O) groups is 1. The molecule has 0 aliphatic carbocycles. The molecule has 7 heteroatoms. The lowest BCUT2D eigenvalue weighted by molar-refractivity contribution is -0.135. The van der Waals surface area contributed by atoms with Gasteiger partial charge in [-0.1, -0.05) is 19.0 Å². The number of amides is 1. The Morgan fingerprint density at radius 1 is 1.14 bits per heavy atom. The van der Waals surface area contributed by atoms with Crippen molar-refractivity contribution in [2.45, 2.75) is 26.8 Å². The lowest BCUT2D eigenvalue weighted by atomic mass is 10.1. The summed E-state index contributed by atoms with van der Waals surface area (Å²) in [6, 6.07) is 11.6. The molecule has 2 heterocycles. The molecule has 3 aromatic rings. The number of hydrogen-bond acceptors (Lipinski definition) is 6. The summed E-state index contributed by atoms with van der Waals surface area (Å²) in [5, 5.41) is 4.07. The molecule has 148 valence electrons. The zero-order chi connectivity index (χ0) is 20.1. The first kappa shape index (κ1) is 19.7. The van der Waals surface area contributed by atoms with Gasteiger partial charge in [0, 0.05) is 44.2 Å². The molecule has 0 fully saturated rings. The van der Waals surface area contributed by atoms with E-state index in [1.807, 2.05) is 69.2 Å². The number of rotatable bonds is 8. The number of aromatic nitrogens is 2. The van der Waals surface area contributed by atoms with Crippen LogP contribution in [0.3, 0.4) is 0 Å². The van der Waals surface area contributed by atoms with Crippen LogP contribution in [-0.2, 0) is 17.8 Å². The van der Waals surface area contributed by atoms with E-state index >= 15 is 0 Å². The zero-order valence-corrected chi connectivity index (χ0v) is 16.8. The Labute approximate surface area is 164 Å². The summed E-state index contributed by atoms with van der Waals surface area (Å²) in [5.41, 5.74) is 2.00. The number of nitrogens with zero attached hydrogens (tertiary/aromatic N) is 4. The van der Waals surface area contributed by atoms with E-state index in [1.54, 1.807) is 11.2 Å². The Hall–Kier alpha value is -3.09. The summed E-state index contributed by atoms with van der Waals surface area (Å²) in [6.07, 6.45) is 2.10. The molecule has 1 aromatic carbocycles. The van der Waals surface area contributed by atoms with Crippen molar-refractivity contribution in [1.29, 1.82) is 0 Å². The fraction of sp³-hybridized carbons (Fsp3) is 0.381. The molecule has 7 nitrogen and oxygen atoms in total. The van der Waals surface area contributed by atoms with Gasteiger partial charge >= 0.3 is 0 Å². The molecule has 0 spiro atoms. The van der Waals surface area contributed by atoms with E-state index in [9.17, 15) is 4.79 Å². The molecule has 2 aromatic heterocycles. The molecule has 0 unspecified atom stereocenters. The van der Waals surface area contributed by atoms with Gasteiger partial charge in [0.25, 0.3) is 0 Å². The normalized spacial score (nSPS) is 11.0. The SMILES string of the molecule is CC(C)C(=O)N(CCc1nc(-c2ccc(N(C)C)cc2)no1)Cc1ccco1. The topological polar surface area (TPSA) is 75.6 Å². The number of hydrogen-bond donors (Lipinski definition) is 0. The Bertz CT molecular complexity index is 883. The summed E-state index contributed by atoms with van der Waals surface area (Å²) in [7, 11) is 3.99. The average molecular weight is 382 g/mol. The first-order valence-electron chi connectivity index (χ1n) is 9.35. The highest BCUT2D eigenvalue weighted by molar-refractivity contribution is 5.78. The van der Waals surface area contributed by atoms with Gasteiger partial charge in [-0.25, -0.2) is 0 Å². The van der Waals surface area contributed by atoms with E-state index < -0.39 is 0 Å². The van der Waals surface area contributed by atoms with Crippen LogP contribution in [0, 0.1) is 5.92 Å². The van der Waals surface area contributed by atoms with E-state index in [1.165, 1.54) is 0 Å². The molecule has 0 radical (unpaired) electrons. The van der Waals surface area contributed by atoms with Gasteiger partial charge in [0.15, 0.2) is 0 Å². The summed E-state index contributed by atoms with van der Waals surface area (Å²) >= 11 is 0. The van der Waals surface area contributed by atoms with E-state index in [-0.39, 0.29) is 11.8 Å². The molecule has 0 aliphatic heterocycles. The van der Waals surface area contributed by atoms with Crippen LogP contribution in [-0.4, -0.2) is 41.6 Å². The number of furan rings is 1. The van der Waals surface area contributed by atoms with Gasteiger partial charge in [-0.3, -0.25) is 4.79 Å². The minimum absolute atomic E-state index is 0.0652. The molecule has 0 atom stereocenters. The zero-order valence-electron chi connectivity index (χ0n) is 16.8. The average Bonchev–Trinajstić information content (AvgIpc) is 3.36. The molecular weight excluding hydrogens is 356 g/mol. The van der Waals surface area contributed by atoms with Crippen LogP contribution in [0.1, 0.15) is 25.5 Å². The van der Waals surface area contributed by atoms with Crippen LogP contribution in [0.2, 0.25) is 0 Å². The highest BCUT2D eigenvalue weighted by Crippen LogP contribution is 2.20. The second-order valence-corrected chi connectivity index (χ2v) is 7.20. The maximum atomic E-state index is 12.5. The lowest BCUT2D eigenvalue weighted by Crippen LogP contribution is -2.35. The lowest BCUT2D eigenvalue weighted by Gasteiger charge is -2.22. The van der Waals surface area contributed by atoms with E-state index in [2.05, 4.69) is 10.1 Å². The minimum Gasteiger partial charge on any atom is -0.467 e. The summed E-state index contributed by atoms with van der Waals surface area (Å²) in [4.78, 5) is 20.8. The van der Waals surface area contributed by atoms with Crippen LogP contribution in [0.4, 0.5) is 5.69 Å². The van der Waals surface area contributed by atoms with Crippen molar-refractivity contribution in [2.24, 2.45) is 5.92 Å². The van der Waals surface area contributed by atoms with Crippen LogP contribution in [0.15, 0.2) is 51.6 Å². The summed E-state index contributed by atoms with van der Waals surface area (Å²) in [6.45, 7) is 4.69. The molecule has 1 amide bonds. The standard InChI is InChI=1S/C21H26N4O3/c1-15(2)21(26)25(14-18-6-5-13-27-18)12-11-19-22-20(23-28-19)16-7-9-17(10-8-16)24(3)4/h5-10,13,15H,11-12,14H2,1-4H3. The van der Waals surface area contributed by atoms with Crippen molar-refractivity contribution in [3.05, 3.63) is 54.3 Å². The maximum absolute atomic E-state index is 12.5. The van der Waals surface area contributed by atoms with Crippen LogP contribution in [0.25, 0.3) is 11.4 Å². The van der Waals surface area contributed by atoms with E-state index in [4.69, 9.17) is 8.94 Å². The van der Waals surface area contributed by atoms with Gasteiger partial charge in [-0.15, -0.1) is 0 Å². The van der Waals surface area contributed by atoms with Crippen molar-refractivity contribution >= 4 is 11.6 Å². The molecule has 28 heavy (non-hydrogen) atoms. The van der Waals surface area contributed by atoms with Crippen molar-refractivity contribution in [1.82, 2.24) is 15.0 Å². The predicted octanol–water partition coefficient (Wildman–Crippen LogP) is 3.62. The largest absolute Gasteiger partial charge is 0.467 e. The second-order valence-electron chi connectivity index (χ2n) is 7.20. The van der Waals surface area contributed by atoms with Crippen LogP contribution in [0.5, 0.6) is 0 Å². The van der Waals surface area contributed by atoms with Crippen molar-refractivity contribution in [3.8, 4) is 11.4 Å². The Balaban J connectivity index is 1.66. The Morgan fingerprint density at radius 2 is 1.89 bits per heavy atom. The van der Waals surface area contributed by atoms with Gasteiger partial charge in [0.05, 0.1) is 12.8 Å². The highest BCUT2D eigenvalue weighted by Gasteiger charge is 2.20. The third-order valence-electron chi connectivity index (χ3n) is 4.44. The monoisotopic (exact) mass is 382 g/mol. The van der Waals surface area contributed by atoms with Crippen molar-refractivity contribution in [3.63, 3.8) is 0 Å². The molecule has 0 saturated carbocycles. The van der Waals surface area contributed by atoms with Gasteiger partial charge < -0.3 is 18.7 Å². The highest BCUT2D eigenvalue weighted by atomic mass is 16.5. The fourth-order valence-electron chi connectivity index (χ4n) is 2.84. The molecule has 0 bridgehead atoms. The summed E-state index contributed by atoms with van der Waals surface area (Å²) < 4.78 is 10.8. The molecular formula is C21H26N4O3. The summed E-state index contributed by atoms with van der Waals surface area (Å²) in [5.74, 6) is 1.78. The Morgan fingerprint density at radius 3 is 2.50 bits per heavy atom. The van der Waals surface area contributed by atoms with Gasteiger partial charge in [-0.05, 0) is 36.4 Å². The smallest absolute Gasteiger partial charge is 0.228 e. The number of carbonyl (C=O) groups excluding carboxylic acids is 1. The van der Waals surface area contributed by atoms with Gasteiger partial charge in [0.2, 0.25) is 17.6 Å². The molecule has 0 aliphatic rings. The van der Waals surface area contributed by atoms with Gasteiger partial charge in [-0.2, -0.15) is 4.98 Å². The molecule has 0 saturated heterocycles. The predicted molar refractivity (Wildman–Crippen MR) is 107 cm³/mol. The quantitative estimate of drug-likeness (QED) is 0.592. The van der Waals surface area contributed by atoms with E-state index in [0.717, 1.165) is 17.0 Å². The fourth-order valence-corrected chi connectivity index (χ4v) is 2.84.